The molecule has 0 N–H and O–H groups in total. The molecule has 0 spiro atoms. The summed E-state index contributed by atoms with van der Waals surface area (Å²) in [7, 11) is -3.86. The first-order valence-electron chi connectivity index (χ1n) is 7.24. The number of rotatable bonds is 2. The molecule has 1 aromatic carbocycles. The van der Waals surface area contributed by atoms with Gasteiger partial charge in [0.15, 0.2) is 23.8 Å². The highest BCUT2D eigenvalue weighted by molar-refractivity contribution is 7.89. The molecule has 0 amide bonds. The molecule has 4 rings (SSSR count). The molecule has 2 aliphatic heterocycles. The van der Waals surface area contributed by atoms with Crippen molar-refractivity contribution in [2.75, 3.05) is 13.1 Å². The lowest BCUT2D eigenvalue weighted by Gasteiger charge is -2.28. The predicted octanol–water partition coefficient (Wildman–Crippen LogP) is 2.08. The number of hydrogen-bond acceptors (Lipinski definition) is 5. The number of nitrogens with zero attached hydrogens (tertiary/aromatic N) is 1. The van der Waals surface area contributed by atoms with Crippen molar-refractivity contribution in [2.24, 2.45) is 0 Å². The molecule has 3 heterocycles. The van der Waals surface area contributed by atoms with E-state index < -0.39 is 33.9 Å². The lowest BCUT2D eigenvalue weighted by molar-refractivity contribution is 0.0467. The van der Waals surface area contributed by atoms with Gasteiger partial charge in [0.2, 0.25) is 16.6 Å². The zero-order valence-corrected chi connectivity index (χ0v) is 13.3. The highest BCUT2D eigenvalue weighted by atomic mass is 32.2. The van der Waals surface area contributed by atoms with Crippen molar-refractivity contribution in [1.29, 1.82) is 0 Å². The van der Waals surface area contributed by atoms with Gasteiger partial charge in [0.25, 0.3) is 10.0 Å². The molecule has 2 aromatic rings. The van der Waals surface area contributed by atoms with Crippen LogP contribution in [0.4, 0.5) is 8.78 Å². The average molecular weight is 357 g/mol. The van der Waals surface area contributed by atoms with Crippen LogP contribution in [0.15, 0.2) is 33.8 Å². The number of halogens is 2. The Morgan fingerprint density at radius 1 is 1.00 bits per heavy atom. The minimum atomic E-state index is -3.86. The fourth-order valence-electron chi connectivity index (χ4n) is 2.85. The number of benzene rings is 1. The maximum atomic E-state index is 13.8. The maximum Gasteiger partial charge on any atom is 0.276 e. The van der Waals surface area contributed by atoms with Crippen molar-refractivity contribution >= 4 is 10.0 Å². The third kappa shape index (κ3) is 2.27. The van der Waals surface area contributed by atoms with E-state index in [9.17, 15) is 17.2 Å². The Balaban J connectivity index is 1.62. The summed E-state index contributed by atoms with van der Waals surface area (Å²) in [6, 6.07) is 4.78. The van der Waals surface area contributed by atoms with Gasteiger partial charge in [-0.1, -0.05) is 0 Å². The van der Waals surface area contributed by atoms with Crippen LogP contribution in [0.2, 0.25) is 0 Å². The number of hydrogen-bond donors (Lipinski definition) is 0. The minimum Gasteiger partial charge on any atom is -0.478 e. The summed E-state index contributed by atoms with van der Waals surface area (Å²) in [4.78, 5) is 0. The smallest absolute Gasteiger partial charge is 0.276 e. The van der Waals surface area contributed by atoms with Crippen molar-refractivity contribution in [2.45, 2.75) is 24.2 Å². The first-order valence-corrected chi connectivity index (χ1v) is 8.68. The van der Waals surface area contributed by atoms with Crippen LogP contribution >= 0.6 is 0 Å². The molecule has 0 unspecified atom stereocenters. The topological polar surface area (TPSA) is 69.0 Å². The van der Waals surface area contributed by atoms with Crippen LogP contribution in [-0.4, -0.2) is 38.0 Å². The Bertz CT molecular complexity index is 872. The fourth-order valence-corrected chi connectivity index (χ4v) is 4.27. The number of furan rings is 1. The lowest BCUT2D eigenvalue weighted by atomic mass is 10.2. The van der Waals surface area contributed by atoms with E-state index in [4.69, 9.17) is 13.9 Å². The highest BCUT2D eigenvalue weighted by Crippen LogP contribution is 2.41. The van der Waals surface area contributed by atoms with Crippen LogP contribution in [0.25, 0.3) is 0 Å². The van der Waals surface area contributed by atoms with Gasteiger partial charge < -0.3 is 13.9 Å². The SMILES string of the molecule is Cc1ccc(S(=O)(=O)N2C[C@@H]3Oc4c(F)ccc(F)c4O[C@@H]3C2)o1. The molecular formula is C15H13F2NO5S. The molecule has 2 aliphatic rings. The molecule has 24 heavy (non-hydrogen) atoms. The Labute approximate surface area is 136 Å². The van der Waals surface area contributed by atoms with Crippen molar-refractivity contribution in [1.82, 2.24) is 4.31 Å². The van der Waals surface area contributed by atoms with E-state index in [2.05, 4.69) is 0 Å². The van der Waals surface area contributed by atoms with Crippen molar-refractivity contribution in [3.63, 3.8) is 0 Å². The summed E-state index contributed by atoms with van der Waals surface area (Å²) < 4.78 is 69.9. The fraction of sp³-hybridized carbons (Fsp3) is 0.333. The van der Waals surface area contributed by atoms with Crippen LogP contribution in [0.5, 0.6) is 11.5 Å². The molecule has 0 aliphatic carbocycles. The van der Waals surface area contributed by atoms with Gasteiger partial charge in [-0.05, 0) is 31.2 Å². The molecule has 6 nitrogen and oxygen atoms in total. The standard InChI is InChI=1S/C15H13F2NO5S/c1-8-2-5-13(21-8)24(19,20)18-6-11-12(7-18)23-15-10(17)4-3-9(16)14(15)22-11/h2-5,11-12H,6-7H2,1H3/t11-,12+. The molecule has 0 saturated carbocycles. The van der Waals surface area contributed by atoms with Crippen molar-refractivity contribution < 1.29 is 31.1 Å². The van der Waals surface area contributed by atoms with E-state index >= 15 is 0 Å². The minimum absolute atomic E-state index is 0.0395. The summed E-state index contributed by atoms with van der Waals surface area (Å²) >= 11 is 0. The molecule has 128 valence electrons. The number of ether oxygens (including phenoxy) is 2. The summed E-state index contributed by atoms with van der Waals surface area (Å²) in [6.07, 6.45) is -1.45. The van der Waals surface area contributed by atoms with Gasteiger partial charge in [-0.15, -0.1) is 0 Å². The van der Waals surface area contributed by atoms with Gasteiger partial charge in [-0.3, -0.25) is 0 Å². The Morgan fingerprint density at radius 2 is 1.54 bits per heavy atom. The van der Waals surface area contributed by atoms with E-state index in [-0.39, 0.29) is 29.7 Å². The second kappa shape index (κ2) is 5.18. The van der Waals surface area contributed by atoms with Gasteiger partial charge >= 0.3 is 0 Å². The van der Waals surface area contributed by atoms with Gasteiger partial charge in [-0.2, -0.15) is 4.31 Å². The zero-order chi connectivity index (χ0) is 17.1. The first-order chi connectivity index (χ1) is 11.4. The largest absolute Gasteiger partial charge is 0.478 e. The van der Waals surface area contributed by atoms with E-state index in [1.807, 2.05) is 0 Å². The van der Waals surface area contributed by atoms with E-state index in [1.165, 1.54) is 6.07 Å². The normalized spacial score (nSPS) is 23.3. The third-order valence-corrected chi connectivity index (χ3v) is 5.75. The van der Waals surface area contributed by atoms with Gasteiger partial charge in [-0.25, -0.2) is 17.2 Å². The number of sulfonamides is 1. The van der Waals surface area contributed by atoms with Gasteiger partial charge in [0.05, 0.1) is 13.1 Å². The van der Waals surface area contributed by atoms with Crippen LogP contribution in [-0.2, 0) is 10.0 Å². The van der Waals surface area contributed by atoms with Crippen LogP contribution in [0.1, 0.15) is 5.76 Å². The first kappa shape index (κ1) is 15.4. The highest BCUT2D eigenvalue weighted by Gasteiger charge is 2.46. The summed E-state index contributed by atoms with van der Waals surface area (Å²) in [5.41, 5.74) is 0. The monoisotopic (exact) mass is 357 g/mol. The zero-order valence-electron chi connectivity index (χ0n) is 12.5. The Kier molecular flexibility index (Phi) is 3.33. The molecule has 9 heteroatoms. The van der Waals surface area contributed by atoms with E-state index in [1.54, 1.807) is 13.0 Å². The van der Waals surface area contributed by atoms with Gasteiger partial charge in [0, 0.05) is 0 Å². The molecular weight excluding hydrogens is 344 g/mol. The third-order valence-electron chi connectivity index (χ3n) is 4.05. The van der Waals surface area contributed by atoms with E-state index in [0.717, 1.165) is 16.4 Å². The van der Waals surface area contributed by atoms with Crippen molar-refractivity contribution in [3.05, 3.63) is 41.7 Å². The maximum absolute atomic E-state index is 13.8. The quantitative estimate of drug-likeness (QED) is 0.823. The second-order valence-electron chi connectivity index (χ2n) is 5.69. The number of fused-ring (bicyclic) bond motifs is 2. The van der Waals surface area contributed by atoms with E-state index in [0.29, 0.717) is 5.76 Å². The molecule has 1 fully saturated rings. The second-order valence-corrected chi connectivity index (χ2v) is 7.56. The molecule has 0 radical (unpaired) electrons. The Morgan fingerprint density at radius 3 is 2.00 bits per heavy atom. The average Bonchev–Trinajstić information content (AvgIpc) is 3.16. The predicted molar refractivity (Wildman–Crippen MR) is 77.4 cm³/mol. The Hall–Kier alpha value is -2.13. The molecule has 1 aromatic heterocycles. The van der Waals surface area contributed by atoms with Crippen LogP contribution in [0.3, 0.4) is 0 Å². The summed E-state index contributed by atoms with van der Waals surface area (Å²) in [6.45, 7) is 1.56. The molecule has 2 atom stereocenters. The van der Waals surface area contributed by atoms with Gasteiger partial charge in [0.1, 0.15) is 5.76 Å². The summed E-state index contributed by atoms with van der Waals surface area (Å²) in [5, 5.41) is -0.187. The summed E-state index contributed by atoms with van der Waals surface area (Å²) in [5.74, 6) is -1.71. The molecule has 1 saturated heterocycles. The lowest BCUT2D eigenvalue weighted by Crippen LogP contribution is -2.39. The molecule has 0 bridgehead atoms. The number of aryl methyl sites for hydroxylation is 1. The van der Waals surface area contributed by atoms with Crippen LogP contribution in [0, 0.1) is 18.6 Å². The van der Waals surface area contributed by atoms with Crippen molar-refractivity contribution in [3.8, 4) is 11.5 Å². The van der Waals surface area contributed by atoms with Crippen LogP contribution < -0.4 is 9.47 Å².